The fraction of sp³-hybridized carbons (Fsp3) is 0.333. The van der Waals surface area contributed by atoms with E-state index in [9.17, 15) is 5.26 Å². The molecular weight excluding hydrogens is 306 g/mol. The van der Waals surface area contributed by atoms with Gasteiger partial charge in [-0.25, -0.2) is 0 Å². The maximum atomic E-state index is 9.22. The second-order valence-electron chi connectivity index (χ2n) is 4.93. The van der Waals surface area contributed by atoms with Gasteiger partial charge in [-0.3, -0.25) is 0 Å². The third-order valence-corrected chi connectivity index (χ3v) is 4.92. The highest BCUT2D eigenvalue weighted by atomic mass is 35.5. The van der Waals surface area contributed by atoms with Crippen LogP contribution < -0.4 is 4.90 Å². The number of nitriles is 1. The number of anilines is 1. The van der Waals surface area contributed by atoms with Crippen molar-refractivity contribution in [2.75, 3.05) is 24.6 Å². The summed E-state index contributed by atoms with van der Waals surface area (Å²) >= 11 is 7.24. The number of rotatable bonds is 2. The number of halogens is 1. The van der Waals surface area contributed by atoms with Gasteiger partial charge in [0.05, 0.1) is 6.61 Å². The van der Waals surface area contributed by atoms with Gasteiger partial charge in [0.25, 0.3) is 0 Å². The molecule has 0 saturated carbocycles. The summed E-state index contributed by atoms with van der Waals surface area (Å²) in [4.78, 5) is 2.14. The van der Waals surface area contributed by atoms with E-state index in [1.54, 1.807) is 0 Å². The Hall–Kier alpha value is -1.61. The Morgan fingerprint density at radius 2 is 2.29 bits per heavy atom. The van der Waals surface area contributed by atoms with E-state index in [1.807, 2.05) is 12.1 Å². The molecule has 1 unspecified atom stereocenters. The highest BCUT2D eigenvalue weighted by Gasteiger charge is 2.27. The zero-order valence-electron chi connectivity index (χ0n) is 11.5. The Bertz CT molecular complexity index is 694. The molecule has 1 aromatic heterocycles. The maximum Gasteiger partial charge on any atom is 0.162 e. The van der Waals surface area contributed by atoms with Gasteiger partial charge in [-0.05, 0) is 29.6 Å². The van der Waals surface area contributed by atoms with Crippen LogP contribution in [0.15, 0.2) is 24.3 Å². The largest absolute Gasteiger partial charge is 0.370 e. The molecule has 0 spiro atoms. The van der Waals surface area contributed by atoms with Gasteiger partial charge in [0.1, 0.15) is 22.7 Å². The van der Waals surface area contributed by atoms with Crippen LogP contribution in [0.1, 0.15) is 22.8 Å². The van der Waals surface area contributed by atoms with Gasteiger partial charge in [-0.15, -0.1) is 0 Å². The van der Waals surface area contributed by atoms with Crippen LogP contribution in [0.25, 0.3) is 0 Å². The lowest BCUT2D eigenvalue weighted by Crippen LogP contribution is -2.38. The van der Waals surface area contributed by atoms with E-state index in [2.05, 4.69) is 34.4 Å². The number of morpholine rings is 1. The first kappa shape index (κ1) is 14.3. The molecule has 1 fully saturated rings. The van der Waals surface area contributed by atoms with Gasteiger partial charge in [-0.1, -0.05) is 35.9 Å². The summed E-state index contributed by atoms with van der Waals surface area (Å²) in [6, 6.07) is 10.4. The molecule has 1 saturated heterocycles. The van der Waals surface area contributed by atoms with E-state index in [-0.39, 0.29) is 11.3 Å². The molecule has 3 rings (SSSR count). The van der Waals surface area contributed by atoms with Crippen LogP contribution in [0.3, 0.4) is 0 Å². The lowest BCUT2D eigenvalue weighted by atomic mass is 10.0. The number of hydrogen-bond acceptors (Lipinski definition) is 5. The average molecular weight is 320 g/mol. The van der Waals surface area contributed by atoms with Crippen LogP contribution in [0.5, 0.6) is 0 Å². The summed E-state index contributed by atoms with van der Waals surface area (Å²) in [6.45, 7) is 4.16. The van der Waals surface area contributed by atoms with E-state index in [1.165, 1.54) is 22.7 Å². The van der Waals surface area contributed by atoms with Crippen molar-refractivity contribution in [3.63, 3.8) is 0 Å². The normalized spacial score (nSPS) is 18.5. The predicted octanol–water partition coefficient (Wildman–Crippen LogP) is 3.55. The zero-order chi connectivity index (χ0) is 14.8. The molecule has 1 aromatic carbocycles. The standard InChI is InChI=1S/C15H14ClN3OS/c1-10-4-2-3-5-11(10)13-9-19(6-7-20-13)15-12(8-17)14(16)18-21-15/h2-5,13H,6-7,9H2,1H3. The summed E-state index contributed by atoms with van der Waals surface area (Å²) in [5.41, 5.74) is 2.87. The number of aromatic nitrogens is 1. The summed E-state index contributed by atoms with van der Waals surface area (Å²) < 4.78 is 9.98. The molecule has 4 nitrogen and oxygen atoms in total. The van der Waals surface area contributed by atoms with Crippen molar-refractivity contribution >= 4 is 28.1 Å². The zero-order valence-corrected chi connectivity index (χ0v) is 13.1. The van der Waals surface area contributed by atoms with Crippen molar-refractivity contribution in [3.05, 3.63) is 46.1 Å². The van der Waals surface area contributed by atoms with E-state index < -0.39 is 0 Å². The number of benzene rings is 1. The molecule has 0 bridgehead atoms. The third-order valence-electron chi connectivity index (χ3n) is 3.63. The molecule has 1 atom stereocenters. The van der Waals surface area contributed by atoms with Crippen molar-refractivity contribution in [2.45, 2.75) is 13.0 Å². The minimum Gasteiger partial charge on any atom is -0.370 e. The molecule has 0 N–H and O–H groups in total. The first-order chi connectivity index (χ1) is 10.2. The first-order valence-corrected chi connectivity index (χ1v) is 7.83. The van der Waals surface area contributed by atoms with Crippen molar-refractivity contribution in [3.8, 4) is 6.07 Å². The SMILES string of the molecule is Cc1ccccc1C1CN(c2snc(Cl)c2C#N)CCO1. The molecule has 2 heterocycles. The van der Waals surface area contributed by atoms with Crippen molar-refractivity contribution < 1.29 is 4.74 Å². The van der Waals surface area contributed by atoms with E-state index >= 15 is 0 Å². The molecular formula is C15H14ClN3OS. The van der Waals surface area contributed by atoms with Gasteiger partial charge < -0.3 is 9.64 Å². The fourth-order valence-corrected chi connectivity index (χ4v) is 3.61. The number of hydrogen-bond donors (Lipinski definition) is 0. The molecule has 2 aromatic rings. The lowest BCUT2D eigenvalue weighted by Gasteiger charge is -2.34. The fourth-order valence-electron chi connectivity index (χ4n) is 2.54. The van der Waals surface area contributed by atoms with Crippen LogP contribution >= 0.6 is 23.1 Å². The summed E-state index contributed by atoms with van der Waals surface area (Å²) in [5, 5.41) is 10.3. The number of nitrogens with zero attached hydrogens (tertiary/aromatic N) is 3. The van der Waals surface area contributed by atoms with Crippen LogP contribution in [0.4, 0.5) is 5.00 Å². The maximum absolute atomic E-state index is 9.22. The second-order valence-corrected chi connectivity index (χ2v) is 6.04. The van der Waals surface area contributed by atoms with E-state index in [0.29, 0.717) is 18.7 Å². The van der Waals surface area contributed by atoms with Gasteiger partial charge >= 0.3 is 0 Å². The Morgan fingerprint density at radius 1 is 1.48 bits per heavy atom. The van der Waals surface area contributed by atoms with Crippen molar-refractivity contribution in [2.24, 2.45) is 0 Å². The number of aryl methyl sites for hydroxylation is 1. The molecule has 6 heteroatoms. The topological polar surface area (TPSA) is 49.2 Å². The highest BCUT2D eigenvalue weighted by Crippen LogP contribution is 2.34. The minimum atomic E-state index is 0.00682. The molecule has 1 aliphatic rings. The van der Waals surface area contributed by atoms with Crippen LogP contribution in [-0.2, 0) is 4.74 Å². The molecule has 0 amide bonds. The highest BCUT2D eigenvalue weighted by molar-refractivity contribution is 7.10. The minimum absolute atomic E-state index is 0.00682. The molecule has 21 heavy (non-hydrogen) atoms. The monoisotopic (exact) mass is 319 g/mol. The van der Waals surface area contributed by atoms with Crippen LogP contribution in [-0.4, -0.2) is 24.1 Å². The Morgan fingerprint density at radius 3 is 3.05 bits per heavy atom. The smallest absolute Gasteiger partial charge is 0.162 e. The van der Waals surface area contributed by atoms with Crippen molar-refractivity contribution in [1.29, 1.82) is 5.26 Å². The van der Waals surface area contributed by atoms with Gasteiger partial charge in [0.15, 0.2) is 5.15 Å². The third kappa shape index (κ3) is 2.75. The Labute approximate surface area is 132 Å². The Balaban J connectivity index is 1.87. The average Bonchev–Trinajstić information content (AvgIpc) is 2.89. The summed E-state index contributed by atoms with van der Waals surface area (Å²) in [5.74, 6) is 0. The quantitative estimate of drug-likeness (QED) is 0.849. The van der Waals surface area contributed by atoms with Gasteiger partial charge in [0, 0.05) is 13.1 Å². The number of ether oxygens (including phenoxy) is 1. The molecule has 108 valence electrons. The van der Waals surface area contributed by atoms with E-state index in [4.69, 9.17) is 16.3 Å². The van der Waals surface area contributed by atoms with Crippen molar-refractivity contribution in [1.82, 2.24) is 4.37 Å². The van der Waals surface area contributed by atoms with E-state index in [0.717, 1.165) is 11.5 Å². The summed E-state index contributed by atoms with van der Waals surface area (Å²) in [7, 11) is 0. The summed E-state index contributed by atoms with van der Waals surface area (Å²) in [6.07, 6.45) is 0.00682. The van der Waals surface area contributed by atoms with Crippen LogP contribution in [0, 0.1) is 18.3 Å². The van der Waals surface area contributed by atoms with Gasteiger partial charge in [0.2, 0.25) is 0 Å². The van der Waals surface area contributed by atoms with Crippen LogP contribution in [0.2, 0.25) is 5.15 Å². The Kier molecular flexibility index (Phi) is 4.11. The molecule has 0 radical (unpaired) electrons. The first-order valence-electron chi connectivity index (χ1n) is 6.68. The second kappa shape index (κ2) is 6.02. The molecule has 0 aliphatic carbocycles. The molecule has 1 aliphatic heterocycles. The lowest BCUT2D eigenvalue weighted by molar-refractivity contribution is 0.0396. The van der Waals surface area contributed by atoms with Gasteiger partial charge in [-0.2, -0.15) is 9.64 Å². The predicted molar refractivity (Wildman–Crippen MR) is 83.9 cm³/mol.